The number of hydrogen-bond acceptors (Lipinski definition) is 3. The lowest BCUT2D eigenvalue weighted by Crippen LogP contribution is -2.00. The van der Waals surface area contributed by atoms with Crippen LogP contribution in [0.25, 0.3) is 0 Å². The molecule has 0 spiro atoms. The maximum absolute atomic E-state index is 11.3. The summed E-state index contributed by atoms with van der Waals surface area (Å²) in [7, 11) is -2.73. The Hall–Kier alpha value is -0.740. The van der Waals surface area contributed by atoms with E-state index in [1.165, 1.54) is 18.4 Å². The second-order valence-corrected chi connectivity index (χ2v) is 5.09. The van der Waals surface area contributed by atoms with Crippen LogP contribution in [0.1, 0.15) is 0 Å². The minimum Gasteiger partial charge on any atom is -0.398 e. The summed E-state index contributed by atoms with van der Waals surface area (Å²) < 4.78 is 18.6. The Balaban J connectivity index is 3.39. The zero-order valence-corrected chi connectivity index (χ0v) is 8.08. The van der Waals surface area contributed by atoms with E-state index in [0.717, 1.165) is 0 Å². The van der Waals surface area contributed by atoms with E-state index >= 15 is 0 Å². The van der Waals surface area contributed by atoms with Gasteiger partial charge in [-0.25, -0.2) is 8.99 Å². The molecule has 1 aromatic rings. The summed E-state index contributed by atoms with van der Waals surface area (Å²) in [6, 6.07) is 4.59. The standard InChI is InChI=1S/C7H9ClN2OS/c1-12(10,11)7-3-2-5(8)4-6(7)9/h2-4,10H,9H2,1H3. The Kier molecular flexibility index (Phi) is 2.30. The molecule has 0 bridgehead atoms. The number of nitrogens with one attached hydrogen (secondary N) is 1. The van der Waals surface area contributed by atoms with Crippen LogP contribution < -0.4 is 5.73 Å². The molecule has 1 aromatic carbocycles. The van der Waals surface area contributed by atoms with Gasteiger partial charge in [-0.05, 0) is 18.2 Å². The molecule has 0 aliphatic carbocycles. The fraction of sp³-hybridized carbons (Fsp3) is 0.143. The summed E-state index contributed by atoms with van der Waals surface area (Å²) in [5, 5.41) is 0.486. The third-order valence-corrected chi connectivity index (χ3v) is 2.84. The fourth-order valence-corrected chi connectivity index (χ4v) is 1.89. The molecule has 3 nitrogen and oxygen atoms in total. The summed E-state index contributed by atoms with van der Waals surface area (Å²) in [6.45, 7) is 0. The van der Waals surface area contributed by atoms with Gasteiger partial charge < -0.3 is 5.73 Å². The smallest absolute Gasteiger partial charge is 0.0717 e. The molecule has 66 valence electrons. The molecule has 0 aliphatic heterocycles. The average Bonchev–Trinajstić information content (AvgIpc) is 1.83. The van der Waals surface area contributed by atoms with Crippen molar-refractivity contribution in [2.75, 3.05) is 12.0 Å². The van der Waals surface area contributed by atoms with E-state index in [2.05, 4.69) is 0 Å². The summed E-state index contributed by atoms with van der Waals surface area (Å²) in [4.78, 5) is 0.340. The van der Waals surface area contributed by atoms with Crippen molar-refractivity contribution in [3.63, 3.8) is 0 Å². The van der Waals surface area contributed by atoms with Crippen LogP contribution in [0.15, 0.2) is 23.1 Å². The van der Waals surface area contributed by atoms with Gasteiger partial charge in [-0.15, -0.1) is 0 Å². The van der Waals surface area contributed by atoms with E-state index < -0.39 is 9.73 Å². The maximum Gasteiger partial charge on any atom is 0.0717 e. The number of halogens is 1. The van der Waals surface area contributed by atoms with Gasteiger partial charge in [0.05, 0.1) is 20.3 Å². The molecule has 0 aromatic heterocycles. The minimum absolute atomic E-state index is 0.310. The summed E-state index contributed by atoms with van der Waals surface area (Å²) in [5.74, 6) is 0. The summed E-state index contributed by atoms with van der Waals surface area (Å²) in [6.07, 6.45) is 1.33. The van der Waals surface area contributed by atoms with Crippen LogP contribution in [0.2, 0.25) is 5.02 Å². The lowest BCUT2D eigenvalue weighted by molar-refractivity contribution is 0.679. The van der Waals surface area contributed by atoms with Crippen molar-refractivity contribution in [1.82, 2.24) is 0 Å². The van der Waals surface area contributed by atoms with E-state index in [4.69, 9.17) is 22.1 Å². The first kappa shape index (κ1) is 9.35. The lowest BCUT2D eigenvalue weighted by Gasteiger charge is -2.04. The molecule has 5 heteroatoms. The van der Waals surface area contributed by atoms with Crippen molar-refractivity contribution in [3.8, 4) is 0 Å². The Bertz CT molecular complexity index is 400. The van der Waals surface area contributed by atoms with Crippen LogP contribution >= 0.6 is 11.6 Å². The highest BCUT2D eigenvalue weighted by Crippen LogP contribution is 2.22. The summed E-state index contributed by atoms with van der Waals surface area (Å²) >= 11 is 5.63. The van der Waals surface area contributed by atoms with E-state index in [0.29, 0.717) is 15.6 Å². The predicted octanol–water partition coefficient (Wildman–Crippen LogP) is 1.96. The Morgan fingerprint density at radius 3 is 2.58 bits per heavy atom. The third kappa shape index (κ3) is 1.89. The van der Waals surface area contributed by atoms with E-state index in [-0.39, 0.29) is 0 Å². The number of nitrogen functional groups attached to an aromatic ring is 1. The van der Waals surface area contributed by atoms with E-state index in [9.17, 15) is 4.21 Å². The number of benzene rings is 1. The first-order valence-electron chi connectivity index (χ1n) is 3.20. The molecule has 0 saturated heterocycles. The van der Waals surface area contributed by atoms with Crippen LogP contribution in [-0.2, 0) is 9.73 Å². The van der Waals surface area contributed by atoms with Crippen LogP contribution in [0.4, 0.5) is 5.69 Å². The Morgan fingerprint density at radius 2 is 2.17 bits per heavy atom. The van der Waals surface area contributed by atoms with Crippen LogP contribution in [0.5, 0.6) is 0 Å². The van der Waals surface area contributed by atoms with Gasteiger partial charge in [0.15, 0.2) is 0 Å². The minimum atomic E-state index is -2.73. The van der Waals surface area contributed by atoms with Gasteiger partial charge >= 0.3 is 0 Å². The lowest BCUT2D eigenvalue weighted by atomic mass is 10.3. The zero-order valence-electron chi connectivity index (χ0n) is 6.50. The molecule has 1 atom stereocenters. The molecule has 12 heavy (non-hydrogen) atoms. The molecule has 1 rings (SSSR count). The SMILES string of the molecule is CS(=N)(=O)c1ccc(Cl)cc1N. The zero-order chi connectivity index (χ0) is 9.35. The first-order valence-corrected chi connectivity index (χ1v) is 5.54. The molecule has 3 N–H and O–H groups in total. The highest BCUT2D eigenvalue weighted by molar-refractivity contribution is 7.91. The first-order chi connectivity index (χ1) is 5.41. The molecule has 0 fully saturated rings. The van der Waals surface area contributed by atoms with Crippen molar-refractivity contribution in [1.29, 1.82) is 4.78 Å². The van der Waals surface area contributed by atoms with Crippen molar-refractivity contribution < 1.29 is 4.21 Å². The predicted molar refractivity (Wildman–Crippen MR) is 50.9 cm³/mol. The second kappa shape index (κ2) is 2.95. The molecule has 0 radical (unpaired) electrons. The topological polar surface area (TPSA) is 66.9 Å². The van der Waals surface area contributed by atoms with Gasteiger partial charge in [-0.3, -0.25) is 0 Å². The van der Waals surface area contributed by atoms with Crippen LogP contribution in [-0.4, -0.2) is 10.5 Å². The van der Waals surface area contributed by atoms with Crippen LogP contribution in [0, 0.1) is 4.78 Å². The van der Waals surface area contributed by atoms with Crippen LogP contribution in [0.3, 0.4) is 0 Å². The highest BCUT2D eigenvalue weighted by Gasteiger charge is 2.07. The number of rotatable bonds is 1. The third-order valence-electron chi connectivity index (χ3n) is 1.39. The molecule has 0 heterocycles. The molecule has 0 aliphatic rings. The molecule has 0 amide bonds. The monoisotopic (exact) mass is 204 g/mol. The highest BCUT2D eigenvalue weighted by atomic mass is 35.5. The van der Waals surface area contributed by atoms with Gasteiger partial charge in [0.2, 0.25) is 0 Å². The number of nitrogens with two attached hydrogens (primary N) is 1. The largest absolute Gasteiger partial charge is 0.398 e. The van der Waals surface area contributed by atoms with Crippen molar-refractivity contribution in [3.05, 3.63) is 23.2 Å². The Morgan fingerprint density at radius 1 is 1.58 bits per heavy atom. The van der Waals surface area contributed by atoms with Crippen molar-refractivity contribution >= 4 is 27.0 Å². The van der Waals surface area contributed by atoms with Crippen molar-refractivity contribution in [2.24, 2.45) is 0 Å². The fourth-order valence-electron chi connectivity index (χ4n) is 0.874. The molecule has 0 saturated carbocycles. The molecule has 1 unspecified atom stereocenters. The van der Waals surface area contributed by atoms with Gasteiger partial charge in [0.25, 0.3) is 0 Å². The summed E-state index contributed by atoms with van der Waals surface area (Å²) in [5.41, 5.74) is 5.83. The second-order valence-electron chi connectivity index (χ2n) is 2.53. The van der Waals surface area contributed by atoms with Gasteiger partial charge in [0.1, 0.15) is 0 Å². The van der Waals surface area contributed by atoms with Gasteiger partial charge in [-0.1, -0.05) is 11.6 Å². The normalized spacial score (nSPS) is 15.5. The average molecular weight is 205 g/mol. The van der Waals surface area contributed by atoms with Gasteiger partial charge in [-0.2, -0.15) is 0 Å². The van der Waals surface area contributed by atoms with E-state index in [1.807, 2.05) is 0 Å². The number of anilines is 1. The Labute approximate surface area is 76.5 Å². The molecular formula is C7H9ClN2OS. The number of hydrogen-bond donors (Lipinski definition) is 2. The quantitative estimate of drug-likeness (QED) is 0.687. The van der Waals surface area contributed by atoms with E-state index in [1.54, 1.807) is 6.07 Å². The maximum atomic E-state index is 11.3. The molecular weight excluding hydrogens is 196 g/mol. The van der Waals surface area contributed by atoms with Gasteiger partial charge in [0, 0.05) is 11.3 Å². The van der Waals surface area contributed by atoms with Crippen molar-refractivity contribution in [2.45, 2.75) is 4.90 Å².